The fraction of sp³-hybridized carbons (Fsp3) is 0.190. The molecule has 0 saturated heterocycles. The van der Waals surface area contributed by atoms with Crippen LogP contribution in [0.5, 0.6) is 0 Å². The number of carbonyl (C=O) groups is 3. The van der Waals surface area contributed by atoms with E-state index in [0.29, 0.717) is 17.5 Å². The van der Waals surface area contributed by atoms with Gasteiger partial charge in [0.15, 0.2) is 0 Å². The molecule has 0 aliphatic carbocycles. The Morgan fingerprint density at radius 2 is 1.83 bits per heavy atom. The van der Waals surface area contributed by atoms with Crippen LogP contribution in [0.2, 0.25) is 0 Å². The number of carbonyl (C=O) groups excluding carboxylic acids is 3. The molecule has 2 rings (SSSR count). The Labute approximate surface area is 172 Å². The lowest BCUT2D eigenvalue weighted by Crippen LogP contribution is -2.35. The van der Waals surface area contributed by atoms with Gasteiger partial charge < -0.3 is 15.4 Å². The molecule has 9 nitrogen and oxygen atoms in total. The number of benzene rings is 2. The number of hydrogen-bond acceptors (Lipinski definition) is 6. The molecule has 30 heavy (non-hydrogen) atoms. The molecule has 0 aliphatic rings. The first-order valence-electron chi connectivity index (χ1n) is 9.11. The highest BCUT2D eigenvalue weighted by Gasteiger charge is 2.15. The average Bonchev–Trinajstić information content (AvgIpc) is 2.73. The lowest BCUT2D eigenvalue weighted by atomic mass is 10.1. The summed E-state index contributed by atoms with van der Waals surface area (Å²) in [7, 11) is 0. The van der Waals surface area contributed by atoms with Crippen molar-refractivity contribution in [1.82, 2.24) is 10.6 Å². The van der Waals surface area contributed by atoms with Gasteiger partial charge >= 0.3 is 5.97 Å². The van der Waals surface area contributed by atoms with E-state index < -0.39 is 22.7 Å². The van der Waals surface area contributed by atoms with Crippen LogP contribution in [0, 0.1) is 10.1 Å². The van der Waals surface area contributed by atoms with Gasteiger partial charge in [0.25, 0.3) is 17.5 Å². The third-order valence-electron chi connectivity index (χ3n) is 3.83. The number of nitrogens with zero attached hydrogens (tertiary/aromatic N) is 1. The first kappa shape index (κ1) is 22.3. The molecule has 2 aromatic carbocycles. The molecule has 0 bridgehead atoms. The summed E-state index contributed by atoms with van der Waals surface area (Å²) in [5.41, 5.74) is 0.517. The van der Waals surface area contributed by atoms with Crippen molar-refractivity contribution < 1.29 is 24.0 Å². The molecule has 0 fully saturated rings. The van der Waals surface area contributed by atoms with E-state index in [1.54, 1.807) is 36.4 Å². The molecular weight excluding hydrogens is 390 g/mol. The molecule has 0 atom stereocenters. The summed E-state index contributed by atoms with van der Waals surface area (Å²) in [5, 5.41) is 16.2. The van der Waals surface area contributed by atoms with Crippen LogP contribution in [-0.4, -0.2) is 35.9 Å². The number of esters is 1. The number of nitro benzene ring substituents is 1. The number of non-ortho nitro benzene ring substituents is 1. The second-order valence-corrected chi connectivity index (χ2v) is 6.18. The van der Waals surface area contributed by atoms with Crippen LogP contribution in [0.4, 0.5) is 5.69 Å². The highest BCUT2D eigenvalue weighted by Crippen LogP contribution is 2.15. The van der Waals surface area contributed by atoms with E-state index in [2.05, 4.69) is 10.6 Å². The predicted molar refractivity (Wildman–Crippen MR) is 109 cm³/mol. The molecule has 0 heterocycles. The Kier molecular flexibility index (Phi) is 8.25. The van der Waals surface area contributed by atoms with Crippen LogP contribution >= 0.6 is 0 Å². The summed E-state index contributed by atoms with van der Waals surface area (Å²) < 4.78 is 4.80. The normalized spacial score (nSPS) is 10.8. The van der Waals surface area contributed by atoms with Crippen molar-refractivity contribution in [3.8, 4) is 0 Å². The number of amides is 2. The van der Waals surface area contributed by atoms with E-state index >= 15 is 0 Å². The maximum Gasteiger partial charge on any atom is 0.302 e. The first-order valence-corrected chi connectivity index (χ1v) is 9.11. The quantitative estimate of drug-likeness (QED) is 0.214. The van der Waals surface area contributed by atoms with Gasteiger partial charge in [-0.2, -0.15) is 0 Å². The average molecular weight is 411 g/mol. The summed E-state index contributed by atoms with van der Waals surface area (Å²) in [6, 6.07) is 14.0. The third-order valence-corrected chi connectivity index (χ3v) is 3.83. The minimum absolute atomic E-state index is 0.0724. The zero-order valence-electron chi connectivity index (χ0n) is 16.3. The smallest absolute Gasteiger partial charge is 0.302 e. The lowest BCUT2D eigenvalue weighted by Gasteiger charge is -2.11. The maximum atomic E-state index is 12.6. The number of nitrogens with one attached hydrogen (secondary N) is 2. The van der Waals surface area contributed by atoms with Crippen molar-refractivity contribution in [2.45, 2.75) is 13.3 Å². The summed E-state index contributed by atoms with van der Waals surface area (Å²) in [6.07, 6.45) is 1.75. The standard InChI is InChI=1S/C21H21N3O6/c1-15(25)30-12-6-11-22-21(27)19(23-20(26)17-8-3-2-4-9-17)14-16-7-5-10-18(13-16)24(28)29/h2-5,7-10,13-14H,6,11-12H2,1H3,(H,22,27)(H,23,26). The molecule has 2 aromatic rings. The Morgan fingerprint density at radius 3 is 2.50 bits per heavy atom. The SMILES string of the molecule is CC(=O)OCCCNC(=O)C(=Cc1cccc([N+](=O)[O-])c1)NC(=O)c1ccccc1. The second kappa shape index (κ2) is 11.1. The fourth-order valence-electron chi connectivity index (χ4n) is 2.42. The zero-order chi connectivity index (χ0) is 21.9. The van der Waals surface area contributed by atoms with Crippen LogP contribution in [0.25, 0.3) is 6.08 Å². The highest BCUT2D eigenvalue weighted by molar-refractivity contribution is 6.05. The van der Waals surface area contributed by atoms with Crippen molar-refractivity contribution in [2.24, 2.45) is 0 Å². The van der Waals surface area contributed by atoms with Crippen LogP contribution < -0.4 is 10.6 Å². The van der Waals surface area contributed by atoms with E-state index in [9.17, 15) is 24.5 Å². The Hall–Kier alpha value is -4.01. The van der Waals surface area contributed by atoms with E-state index in [0.717, 1.165) is 0 Å². The van der Waals surface area contributed by atoms with Crippen LogP contribution in [0.15, 0.2) is 60.3 Å². The van der Waals surface area contributed by atoms with Gasteiger partial charge in [-0.3, -0.25) is 24.5 Å². The second-order valence-electron chi connectivity index (χ2n) is 6.18. The number of hydrogen-bond donors (Lipinski definition) is 2. The molecular formula is C21H21N3O6. The first-order chi connectivity index (χ1) is 14.4. The molecule has 0 spiro atoms. The van der Waals surface area contributed by atoms with Gasteiger partial charge in [0.2, 0.25) is 0 Å². The summed E-state index contributed by atoms with van der Waals surface area (Å²) >= 11 is 0. The number of nitro groups is 1. The van der Waals surface area contributed by atoms with Crippen molar-refractivity contribution in [3.63, 3.8) is 0 Å². The molecule has 2 N–H and O–H groups in total. The summed E-state index contributed by atoms with van der Waals surface area (Å²) in [4.78, 5) is 46.3. The zero-order valence-corrected chi connectivity index (χ0v) is 16.3. The molecule has 0 saturated carbocycles. The van der Waals surface area contributed by atoms with Crippen molar-refractivity contribution in [3.05, 3.63) is 81.5 Å². The van der Waals surface area contributed by atoms with E-state index in [1.165, 1.54) is 31.2 Å². The van der Waals surface area contributed by atoms with Gasteiger partial charge in [0.1, 0.15) is 5.70 Å². The van der Waals surface area contributed by atoms with Gasteiger partial charge in [0.05, 0.1) is 11.5 Å². The van der Waals surface area contributed by atoms with E-state index in [1.807, 2.05) is 0 Å². The largest absolute Gasteiger partial charge is 0.466 e. The molecule has 0 aliphatic heterocycles. The minimum atomic E-state index is -0.575. The van der Waals surface area contributed by atoms with Crippen LogP contribution in [0.1, 0.15) is 29.3 Å². The maximum absolute atomic E-state index is 12.6. The van der Waals surface area contributed by atoms with Crippen LogP contribution in [-0.2, 0) is 14.3 Å². The van der Waals surface area contributed by atoms with Gasteiger partial charge in [-0.15, -0.1) is 0 Å². The molecule has 0 aromatic heterocycles. The van der Waals surface area contributed by atoms with Crippen molar-refractivity contribution in [1.29, 1.82) is 0 Å². The van der Waals surface area contributed by atoms with Gasteiger partial charge in [-0.05, 0) is 30.2 Å². The van der Waals surface area contributed by atoms with Crippen molar-refractivity contribution in [2.75, 3.05) is 13.2 Å². The molecule has 9 heteroatoms. The molecule has 0 unspecified atom stereocenters. The molecule has 2 amide bonds. The third kappa shape index (κ3) is 7.19. The lowest BCUT2D eigenvalue weighted by molar-refractivity contribution is -0.384. The molecule has 156 valence electrons. The van der Waals surface area contributed by atoms with E-state index in [-0.39, 0.29) is 24.5 Å². The number of rotatable bonds is 9. The topological polar surface area (TPSA) is 128 Å². The summed E-state index contributed by atoms with van der Waals surface area (Å²) in [6.45, 7) is 1.65. The van der Waals surface area contributed by atoms with Gasteiger partial charge in [-0.1, -0.05) is 30.3 Å². The van der Waals surface area contributed by atoms with Crippen LogP contribution in [0.3, 0.4) is 0 Å². The predicted octanol–water partition coefficient (Wildman–Crippen LogP) is 2.44. The minimum Gasteiger partial charge on any atom is -0.466 e. The molecule has 0 radical (unpaired) electrons. The number of ether oxygens (including phenoxy) is 1. The van der Waals surface area contributed by atoms with Gasteiger partial charge in [-0.25, -0.2) is 0 Å². The Morgan fingerprint density at radius 1 is 1.10 bits per heavy atom. The highest BCUT2D eigenvalue weighted by atomic mass is 16.6. The van der Waals surface area contributed by atoms with Gasteiger partial charge in [0, 0.05) is 31.2 Å². The van der Waals surface area contributed by atoms with Crippen molar-refractivity contribution >= 4 is 29.5 Å². The van der Waals surface area contributed by atoms with E-state index in [4.69, 9.17) is 4.74 Å². The Bertz CT molecular complexity index is 956. The summed E-state index contributed by atoms with van der Waals surface area (Å²) in [5.74, 6) is -1.49. The monoisotopic (exact) mass is 411 g/mol. The fourth-order valence-corrected chi connectivity index (χ4v) is 2.42. The Balaban J connectivity index is 2.18.